The molecule has 1 saturated heterocycles. The van der Waals surface area contributed by atoms with Crippen molar-refractivity contribution < 1.29 is 13.2 Å². The second kappa shape index (κ2) is 13.6. The average Bonchev–Trinajstić information content (AvgIpc) is 2.62. The van der Waals surface area contributed by atoms with E-state index in [1.165, 1.54) is 0 Å². The highest BCUT2D eigenvalue weighted by Gasteiger charge is 2.23. The highest BCUT2D eigenvalue weighted by Crippen LogP contribution is 2.12. The fourth-order valence-electron chi connectivity index (χ4n) is 2.52. The van der Waals surface area contributed by atoms with Crippen LogP contribution in [0.5, 0.6) is 0 Å². The van der Waals surface area contributed by atoms with Gasteiger partial charge in [0.15, 0.2) is 5.96 Å². The summed E-state index contributed by atoms with van der Waals surface area (Å²) in [6.45, 7) is 7.59. The maximum Gasteiger partial charge on any atom is 0.215 e. The number of methoxy groups -OCH3 is 1. The van der Waals surface area contributed by atoms with E-state index in [9.17, 15) is 8.42 Å². The minimum Gasteiger partial charge on any atom is -0.385 e. The predicted octanol–water partition coefficient (Wildman–Crippen LogP) is -0.112. The van der Waals surface area contributed by atoms with Crippen molar-refractivity contribution in [2.45, 2.75) is 13.3 Å². The van der Waals surface area contributed by atoms with E-state index in [1.54, 1.807) is 23.2 Å². The van der Waals surface area contributed by atoms with E-state index in [2.05, 4.69) is 27.6 Å². The molecule has 154 valence electrons. The lowest BCUT2D eigenvalue weighted by Crippen LogP contribution is -2.44. The summed E-state index contributed by atoms with van der Waals surface area (Å²) in [7, 11) is 0.590. The molecule has 0 aliphatic carbocycles. The van der Waals surface area contributed by atoms with Gasteiger partial charge in [-0.3, -0.25) is 4.99 Å². The van der Waals surface area contributed by atoms with Crippen LogP contribution >= 0.6 is 11.8 Å². The number of aliphatic imine (C=N–C) groups is 1. The zero-order chi connectivity index (χ0) is 19.3. The molecule has 1 rings (SSSR count). The summed E-state index contributed by atoms with van der Waals surface area (Å²) in [6.07, 6.45) is 1.00. The molecule has 0 radical (unpaired) electrons. The number of sulfonamides is 1. The minimum atomic E-state index is -3.19. The first-order valence-electron chi connectivity index (χ1n) is 9.25. The van der Waals surface area contributed by atoms with E-state index in [4.69, 9.17) is 4.74 Å². The summed E-state index contributed by atoms with van der Waals surface area (Å²) < 4.78 is 31.4. The van der Waals surface area contributed by atoms with Crippen LogP contribution in [0.3, 0.4) is 0 Å². The summed E-state index contributed by atoms with van der Waals surface area (Å²) in [5.41, 5.74) is 0. The van der Waals surface area contributed by atoms with Crippen molar-refractivity contribution in [1.29, 1.82) is 0 Å². The van der Waals surface area contributed by atoms with Gasteiger partial charge in [0.25, 0.3) is 0 Å². The first kappa shape index (κ1) is 23.5. The Hall–Kier alpha value is -0.550. The van der Waals surface area contributed by atoms with Crippen molar-refractivity contribution in [2.24, 2.45) is 4.99 Å². The molecular weight excluding hydrogens is 374 g/mol. The van der Waals surface area contributed by atoms with E-state index in [1.807, 2.05) is 6.92 Å². The Labute approximate surface area is 163 Å². The number of guanidine groups is 1. The number of thioether (sulfide) groups is 1. The van der Waals surface area contributed by atoms with Gasteiger partial charge >= 0.3 is 0 Å². The molecule has 1 fully saturated rings. The number of ether oxygens (including phenoxy) is 1. The van der Waals surface area contributed by atoms with Crippen LogP contribution in [0, 0.1) is 0 Å². The monoisotopic (exact) mass is 409 g/mol. The number of nitrogens with one attached hydrogen (secondary N) is 2. The Morgan fingerprint density at radius 1 is 1.27 bits per heavy atom. The molecule has 2 N–H and O–H groups in total. The first-order valence-corrected chi connectivity index (χ1v) is 12.0. The summed E-state index contributed by atoms with van der Waals surface area (Å²) in [6, 6.07) is 0. The van der Waals surface area contributed by atoms with Gasteiger partial charge in [0.05, 0.1) is 12.3 Å². The van der Waals surface area contributed by atoms with Gasteiger partial charge in [0.1, 0.15) is 0 Å². The van der Waals surface area contributed by atoms with Crippen molar-refractivity contribution in [3.8, 4) is 0 Å². The Morgan fingerprint density at radius 3 is 2.65 bits per heavy atom. The number of hydrogen-bond acceptors (Lipinski definition) is 6. The molecule has 1 heterocycles. The molecule has 26 heavy (non-hydrogen) atoms. The van der Waals surface area contributed by atoms with Gasteiger partial charge in [-0.25, -0.2) is 12.7 Å². The molecule has 1 aliphatic rings. The molecule has 1 aliphatic heterocycles. The van der Waals surface area contributed by atoms with E-state index in [0.717, 1.165) is 44.2 Å². The fourth-order valence-corrected chi connectivity index (χ4v) is 5.01. The Bertz CT molecular complexity index is 496. The summed E-state index contributed by atoms with van der Waals surface area (Å²) in [5.74, 6) is 2.53. The molecule has 0 amide bonds. The zero-order valence-corrected chi connectivity index (χ0v) is 18.0. The lowest BCUT2D eigenvalue weighted by atomic mass is 10.4. The second-order valence-corrected chi connectivity index (χ2v) is 9.48. The van der Waals surface area contributed by atoms with Crippen LogP contribution in [0.2, 0.25) is 0 Å². The Balaban J connectivity index is 2.34. The zero-order valence-electron chi connectivity index (χ0n) is 16.4. The molecule has 0 spiro atoms. The largest absolute Gasteiger partial charge is 0.385 e. The summed E-state index contributed by atoms with van der Waals surface area (Å²) >= 11 is 1.81. The third-order valence-corrected chi connectivity index (χ3v) is 6.81. The quantitative estimate of drug-likeness (QED) is 0.264. The number of nitrogens with zero attached hydrogens (tertiary/aromatic N) is 3. The Morgan fingerprint density at radius 2 is 2.00 bits per heavy atom. The maximum absolute atomic E-state index is 12.4. The predicted molar refractivity (Wildman–Crippen MR) is 111 cm³/mol. The van der Waals surface area contributed by atoms with Crippen molar-refractivity contribution in [3.63, 3.8) is 0 Å². The van der Waals surface area contributed by atoms with Crippen LogP contribution < -0.4 is 10.6 Å². The van der Waals surface area contributed by atoms with Crippen molar-refractivity contribution in [1.82, 2.24) is 19.8 Å². The number of rotatable bonds is 12. The molecule has 0 aromatic carbocycles. The third kappa shape index (κ3) is 9.96. The number of likely N-dealkylation sites (N-methyl/N-ethyl adjacent to an activating group) is 1. The lowest BCUT2D eigenvalue weighted by molar-refractivity contribution is 0.180. The lowest BCUT2D eigenvalue weighted by Gasteiger charge is -2.25. The summed E-state index contributed by atoms with van der Waals surface area (Å²) in [4.78, 5) is 6.74. The van der Waals surface area contributed by atoms with Gasteiger partial charge in [-0.2, -0.15) is 11.8 Å². The average molecular weight is 410 g/mol. The van der Waals surface area contributed by atoms with Gasteiger partial charge in [-0.15, -0.1) is 0 Å². The van der Waals surface area contributed by atoms with Gasteiger partial charge < -0.3 is 20.3 Å². The van der Waals surface area contributed by atoms with Crippen LogP contribution in [-0.2, 0) is 14.8 Å². The second-order valence-electron chi connectivity index (χ2n) is 6.16. The maximum atomic E-state index is 12.4. The third-order valence-electron chi connectivity index (χ3n) is 4.00. The summed E-state index contributed by atoms with van der Waals surface area (Å²) in [5, 5.41) is 6.29. The van der Waals surface area contributed by atoms with Gasteiger partial charge in [-0.05, 0) is 20.4 Å². The van der Waals surface area contributed by atoms with Gasteiger partial charge in [-0.1, -0.05) is 0 Å². The molecule has 0 aromatic heterocycles. The molecule has 10 heteroatoms. The van der Waals surface area contributed by atoms with E-state index in [0.29, 0.717) is 32.1 Å². The molecule has 0 unspecified atom stereocenters. The van der Waals surface area contributed by atoms with E-state index >= 15 is 0 Å². The molecule has 8 nitrogen and oxygen atoms in total. The van der Waals surface area contributed by atoms with E-state index in [-0.39, 0.29) is 5.75 Å². The molecule has 0 atom stereocenters. The topological polar surface area (TPSA) is 86.3 Å². The van der Waals surface area contributed by atoms with Crippen LogP contribution in [0.15, 0.2) is 4.99 Å². The minimum absolute atomic E-state index is 0.0962. The van der Waals surface area contributed by atoms with Crippen LogP contribution in [0.25, 0.3) is 0 Å². The molecule has 0 saturated carbocycles. The van der Waals surface area contributed by atoms with E-state index < -0.39 is 10.0 Å². The van der Waals surface area contributed by atoms with Crippen LogP contribution in [0.4, 0.5) is 0 Å². The molecule has 0 aromatic rings. The van der Waals surface area contributed by atoms with Crippen molar-refractivity contribution in [3.05, 3.63) is 0 Å². The van der Waals surface area contributed by atoms with Crippen LogP contribution in [0.1, 0.15) is 13.3 Å². The fraction of sp³-hybridized carbons (Fsp3) is 0.938. The molecule has 0 bridgehead atoms. The van der Waals surface area contributed by atoms with Gasteiger partial charge in [0.2, 0.25) is 10.0 Å². The highest BCUT2D eigenvalue weighted by molar-refractivity contribution is 7.99. The molecular formula is C16H35N5O3S2. The van der Waals surface area contributed by atoms with Gasteiger partial charge in [0, 0.05) is 64.5 Å². The first-order chi connectivity index (χ1) is 12.5. The van der Waals surface area contributed by atoms with Crippen LogP contribution in [-0.4, -0.2) is 107 Å². The highest BCUT2D eigenvalue weighted by atomic mass is 32.2. The smallest absolute Gasteiger partial charge is 0.215 e. The normalized spacial score (nSPS) is 16.8. The Kier molecular flexibility index (Phi) is 12.3. The SMILES string of the molecule is CCNC(=NCCN(C)CCCOC)NCCS(=O)(=O)N1CCSCC1. The van der Waals surface area contributed by atoms with Crippen molar-refractivity contribution >= 4 is 27.7 Å². The van der Waals surface area contributed by atoms with Crippen molar-refractivity contribution in [2.75, 3.05) is 83.8 Å². The standard InChI is InChI=1S/C16H35N5O3S2/c1-4-17-16(18-6-9-20(2)8-5-12-24-3)19-7-15-26(22,23)21-10-13-25-14-11-21/h4-15H2,1-3H3,(H2,17,18,19). The number of hydrogen-bond donors (Lipinski definition) is 2.